The van der Waals surface area contributed by atoms with Gasteiger partial charge < -0.3 is 14.5 Å². The molecular formula is C19H17Br2N3O3. The van der Waals surface area contributed by atoms with Crippen molar-refractivity contribution in [3.05, 3.63) is 56.5 Å². The topological polar surface area (TPSA) is 69.3 Å². The van der Waals surface area contributed by atoms with Crippen molar-refractivity contribution in [2.24, 2.45) is 0 Å². The molecule has 1 unspecified atom stereocenters. The van der Waals surface area contributed by atoms with Gasteiger partial charge in [-0.15, -0.1) is 0 Å². The van der Waals surface area contributed by atoms with E-state index in [1.807, 2.05) is 43.5 Å². The minimum atomic E-state index is -0.399. The molecule has 140 valence electrons. The van der Waals surface area contributed by atoms with Gasteiger partial charge in [0.1, 0.15) is 0 Å². The standard InChI is InChI=1S/C19H17Br2N3O3/c1-9(2)27-18(25)16-10(3)22-19-23-14-6-12(20)13(21)7-15(14)24(19)17(16)11-4-5-26-8-11/h4-9,17H,1-3H3,(H,22,23). The molecule has 6 nitrogen and oxygen atoms in total. The van der Waals surface area contributed by atoms with Gasteiger partial charge in [-0.3, -0.25) is 4.57 Å². The maximum Gasteiger partial charge on any atom is 0.338 e. The fourth-order valence-electron chi connectivity index (χ4n) is 3.30. The number of nitrogens with one attached hydrogen (secondary N) is 1. The zero-order valence-corrected chi connectivity index (χ0v) is 18.1. The number of anilines is 1. The summed E-state index contributed by atoms with van der Waals surface area (Å²) in [6.07, 6.45) is 3.03. The van der Waals surface area contributed by atoms with Gasteiger partial charge in [-0.2, -0.15) is 0 Å². The summed E-state index contributed by atoms with van der Waals surface area (Å²) in [6, 6.07) is 5.39. The van der Waals surface area contributed by atoms with Crippen LogP contribution in [-0.2, 0) is 9.53 Å². The van der Waals surface area contributed by atoms with E-state index in [4.69, 9.17) is 14.1 Å². The highest BCUT2D eigenvalue weighted by Gasteiger charge is 2.36. The van der Waals surface area contributed by atoms with Gasteiger partial charge in [0.25, 0.3) is 0 Å². The maximum atomic E-state index is 12.9. The number of esters is 1. The fourth-order valence-corrected chi connectivity index (χ4v) is 3.96. The second-order valence-electron chi connectivity index (χ2n) is 6.64. The van der Waals surface area contributed by atoms with Crippen molar-refractivity contribution < 1.29 is 13.9 Å². The number of nitrogens with zero attached hydrogens (tertiary/aromatic N) is 2. The number of fused-ring (bicyclic) bond motifs is 3. The quantitative estimate of drug-likeness (QED) is 0.494. The Hall–Kier alpha value is -2.06. The highest BCUT2D eigenvalue weighted by molar-refractivity contribution is 9.13. The summed E-state index contributed by atoms with van der Waals surface area (Å²) in [7, 11) is 0. The number of halogens is 2. The van der Waals surface area contributed by atoms with Gasteiger partial charge in [-0.05, 0) is 70.8 Å². The third-order valence-electron chi connectivity index (χ3n) is 4.39. The number of hydrogen-bond acceptors (Lipinski definition) is 5. The molecule has 2 aromatic heterocycles. The number of allylic oxidation sites excluding steroid dienone is 1. The van der Waals surface area contributed by atoms with Crippen LogP contribution in [0.2, 0.25) is 0 Å². The molecule has 3 heterocycles. The van der Waals surface area contributed by atoms with E-state index in [2.05, 4.69) is 37.2 Å². The Morgan fingerprint density at radius 2 is 2.07 bits per heavy atom. The Morgan fingerprint density at radius 1 is 1.33 bits per heavy atom. The molecule has 0 saturated heterocycles. The van der Waals surface area contributed by atoms with E-state index >= 15 is 0 Å². The molecule has 0 fully saturated rings. The fraction of sp³-hybridized carbons (Fsp3) is 0.263. The first-order chi connectivity index (χ1) is 12.9. The first-order valence-corrected chi connectivity index (χ1v) is 10.0. The molecule has 3 aromatic rings. The van der Waals surface area contributed by atoms with Crippen molar-refractivity contribution in [2.75, 3.05) is 5.32 Å². The van der Waals surface area contributed by atoms with Crippen LogP contribution in [0.25, 0.3) is 11.0 Å². The smallest absolute Gasteiger partial charge is 0.338 e. The van der Waals surface area contributed by atoms with Crippen LogP contribution in [0.1, 0.15) is 32.4 Å². The molecule has 1 aromatic carbocycles. The minimum absolute atomic E-state index is 0.214. The van der Waals surface area contributed by atoms with E-state index in [0.29, 0.717) is 17.2 Å². The van der Waals surface area contributed by atoms with E-state index < -0.39 is 6.04 Å². The summed E-state index contributed by atoms with van der Waals surface area (Å²) in [6.45, 7) is 5.53. The Kier molecular flexibility index (Phi) is 4.63. The molecule has 1 atom stereocenters. The maximum absolute atomic E-state index is 12.9. The molecule has 0 radical (unpaired) electrons. The molecule has 1 N–H and O–H groups in total. The van der Waals surface area contributed by atoms with Crippen molar-refractivity contribution in [3.63, 3.8) is 0 Å². The summed E-state index contributed by atoms with van der Waals surface area (Å²) in [5.41, 5.74) is 3.81. The van der Waals surface area contributed by atoms with Crippen molar-refractivity contribution in [3.8, 4) is 0 Å². The Bertz CT molecular complexity index is 1070. The van der Waals surface area contributed by atoms with Gasteiger partial charge in [0, 0.05) is 20.2 Å². The normalized spacial score (nSPS) is 16.6. The van der Waals surface area contributed by atoms with Crippen molar-refractivity contribution in [1.82, 2.24) is 9.55 Å². The second-order valence-corrected chi connectivity index (χ2v) is 8.35. The first-order valence-electron chi connectivity index (χ1n) is 8.44. The van der Waals surface area contributed by atoms with Crippen molar-refractivity contribution in [2.45, 2.75) is 32.9 Å². The largest absolute Gasteiger partial charge is 0.472 e. The van der Waals surface area contributed by atoms with E-state index in [-0.39, 0.29) is 12.1 Å². The monoisotopic (exact) mass is 493 g/mol. The summed E-state index contributed by atoms with van der Waals surface area (Å²) in [4.78, 5) is 17.6. The van der Waals surface area contributed by atoms with E-state index in [9.17, 15) is 4.79 Å². The lowest BCUT2D eigenvalue weighted by atomic mass is 9.97. The summed E-state index contributed by atoms with van der Waals surface area (Å²) < 4.78 is 14.6. The van der Waals surface area contributed by atoms with Gasteiger partial charge in [0.15, 0.2) is 0 Å². The number of benzene rings is 1. The van der Waals surface area contributed by atoms with Gasteiger partial charge in [-0.1, -0.05) is 0 Å². The molecule has 27 heavy (non-hydrogen) atoms. The number of ether oxygens (including phenoxy) is 1. The molecule has 1 aliphatic rings. The molecule has 0 spiro atoms. The lowest BCUT2D eigenvalue weighted by molar-refractivity contribution is -0.143. The second kappa shape index (κ2) is 6.83. The lowest BCUT2D eigenvalue weighted by Crippen LogP contribution is -2.29. The van der Waals surface area contributed by atoms with Gasteiger partial charge in [0.2, 0.25) is 5.95 Å². The number of imidazole rings is 1. The minimum Gasteiger partial charge on any atom is -0.472 e. The van der Waals surface area contributed by atoms with Crippen LogP contribution < -0.4 is 5.32 Å². The van der Waals surface area contributed by atoms with Gasteiger partial charge >= 0.3 is 5.97 Å². The SMILES string of the molecule is CC1=C(C(=O)OC(C)C)C(c2ccoc2)n2c(nc3cc(Br)c(Br)cc32)N1. The summed E-state index contributed by atoms with van der Waals surface area (Å²) in [5.74, 6) is 0.310. The van der Waals surface area contributed by atoms with Crippen LogP contribution >= 0.6 is 31.9 Å². The number of rotatable bonds is 3. The average Bonchev–Trinajstić information content (AvgIpc) is 3.21. The number of furan rings is 1. The van der Waals surface area contributed by atoms with Gasteiger partial charge in [0.05, 0.1) is 41.3 Å². The number of aromatic nitrogens is 2. The van der Waals surface area contributed by atoms with E-state index in [1.54, 1.807) is 12.5 Å². The van der Waals surface area contributed by atoms with Gasteiger partial charge in [-0.25, -0.2) is 9.78 Å². The van der Waals surface area contributed by atoms with Crippen molar-refractivity contribution >= 4 is 54.8 Å². The lowest BCUT2D eigenvalue weighted by Gasteiger charge is -2.29. The molecule has 8 heteroatoms. The van der Waals surface area contributed by atoms with Crippen LogP contribution in [0, 0.1) is 0 Å². The molecule has 0 amide bonds. The van der Waals surface area contributed by atoms with Crippen LogP contribution in [0.15, 0.2) is 55.4 Å². The van der Waals surface area contributed by atoms with Crippen LogP contribution in [0.3, 0.4) is 0 Å². The zero-order valence-electron chi connectivity index (χ0n) is 14.9. The molecular weight excluding hydrogens is 478 g/mol. The van der Waals surface area contributed by atoms with Crippen LogP contribution in [-0.4, -0.2) is 21.6 Å². The summed E-state index contributed by atoms with van der Waals surface area (Å²) >= 11 is 7.08. The Balaban J connectivity index is 1.96. The van der Waals surface area contributed by atoms with E-state index in [1.165, 1.54) is 0 Å². The highest BCUT2D eigenvalue weighted by Crippen LogP contribution is 2.41. The Morgan fingerprint density at radius 3 is 2.74 bits per heavy atom. The molecule has 1 aliphatic heterocycles. The summed E-state index contributed by atoms with van der Waals surface area (Å²) in [5, 5.41) is 3.25. The first kappa shape index (κ1) is 18.3. The highest BCUT2D eigenvalue weighted by atomic mass is 79.9. The zero-order chi connectivity index (χ0) is 19.3. The predicted octanol–water partition coefficient (Wildman–Crippen LogP) is 5.39. The van der Waals surface area contributed by atoms with Crippen molar-refractivity contribution in [1.29, 1.82) is 0 Å². The third-order valence-corrected chi connectivity index (χ3v) is 6.23. The number of hydrogen-bond donors (Lipinski definition) is 1. The number of carbonyl (C=O) groups excluding carboxylic acids is 1. The molecule has 4 rings (SSSR count). The van der Waals surface area contributed by atoms with Crippen LogP contribution in [0.4, 0.5) is 5.95 Å². The number of carbonyl (C=O) groups is 1. The van der Waals surface area contributed by atoms with E-state index in [0.717, 1.165) is 25.5 Å². The Labute approximate surface area is 172 Å². The predicted molar refractivity (Wildman–Crippen MR) is 110 cm³/mol. The molecule has 0 saturated carbocycles. The average molecular weight is 495 g/mol. The molecule has 0 bridgehead atoms. The molecule has 0 aliphatic carbocycles. The van der Waals surface area contributed by atoms with Crippen LogP contribution in [0.5, 0.6) is 0 Å². The third kappa shape index (κ3) is 3.10.